The van der Waals surface area contributed by atoms with Gasteiger partial charge in [-0.2, -0.15) is 0 Å². The van der Waals surface area contributed by atoms with Crippen LogP contribution in [-0.2, 0) is 9.47 Å². The monoisotopic (exact) mass is 185 g/mol. The quantitative estimate of drug-likeness (QED) is 0.712. The highest BCUT2D eigenvalue weighted by molar-refractivity contribution is 4.94. The van der Waals surface area contributed by atoms with Gasteiger partial charge in [0.25, 0.3) is 0 Å². The molecule has 0 aromatic heterocycles. The van der Waals surface area contributed by atoms with Crippen LogP contribution in [0.2, 0.25) is 0 Å². The maximum Gasteiger partial charge on any atom is 0.170 e. The number of nitrogens with one attached hydrogen (secondary N) is 1. The SMILES string of the molecule is CC(C)(NCC1OCCO1)C1CC1. The molecule has 1 N–H and O–H groups in total. The molecule has 0 bridgehead atoms. The van der Waals surface area contributed by atoms with E-state index in [2.05, 4.69) is 19.2 Å². The average Bonchev–Trinajstić information content (AvgIpc) is 2.82. The Labute approximate surface area is 79.8 Å². The average molecular weight is 185 g/mol. The van der Waals surface area contributed by atoms with Crippen molar-refractivity contribution in [2.24, 2.45) is 5.92 Å². The Morgan fingerprint density at radius 1 is 1.23 bits per heavy atom. The maximum absolute atomic E-state index is 5.36. The molecule has 0 atom stereocenters. The predicted octanol–water partition coefficient (Wildman–Crippen LogP) is 1.14. The van der Waals surface area contributed by atoms with Gasteiger partial charge in [0.1, 0.15) is 0 Å². The molecule has 1 aliphatic heterocycles. The zero-order valence-corrected chi connectivity index (χ0v) is 8.51. The van der Waals surface area contributed by atoms with Crippen LogP contribution in [0.3, 0.4) is 0 Å². The third kappa shape index (κ3) is 2.42. The lowest BCUT2D eigenvalue weighted by Crippen LogP contribution is -2.45. The highest BCUT2D eigenvalue weighted by Crippen LogP contribution is 2.39. The first kappa shape index (κ1) is 9.44. The molecule has 0 aromatic carbocycles. The first-order chi connectivity index (χ1) is 6.18. The highest BCUT2D eigenvalue weighted by atomic mass is 16.7. The Hall–Kier alpha value is -0.120. The lowest BCUT2D eigenvalue weighted by Gasteiger charge is -2.27. The van der Waals surface area contributed by atoms with E-state index >= 15 is 0 Å². The zero-order chi connectivity index (χ0) is 9.31. The van der Waals surface area contributed by atoms with Crippen LogP contribution in [0.5, 0.6) is 0 Å². The molecule has 3 heteroatoms. The van der Waals surface area contributed by atoms with Crippen molar-refractivity contribution < 1.29 is 9.47 Å². The third-order valence-electron chi connectivity index (χ3n) is 3.01. The van der Waals surface area contributed by atoms with Crippen molar-refractivity contribution >= 4 is 0 Å². The Balaban J connectivity index is 1.70. The molecule has 0 spiro atoms. The standard InChI is InChI=1S/C10H19NO2/c1-10(2,8-3-4-8)11-7-9-12-5-6-13-9/h8-9,11H,3-7H2,1-2H3. The largest absolute Gasteiger partial charge is 0.349 e. The van der Waals surface area contributed by atoms with Crippen LogP contribution in [0.1, 0.15) is 26.7 Å². The molecule has 2 aliphatic rings. The van der Waals surface area contributed by atoms with E-state index in [1.54, 1.807) is 0 Å². The van der Waals surface area contributed by atoms with E-state index in [-0.39, 0.29) is 11.8 Å². The lowest BCUT2D eigenvalue weighted by atomic mass is 9.99. The predicted molar refractivity (Wildman–Crippen MR) is 50.5 cm³/mol. The van der Waals surface area contributed by atoms with Gasteiger partial charge in [-0.15, -0.1) is 0 Å². The van der Waals surface area contributed by atoms with Crippen molar-refractivity contribution in [2.75, 3.05) is 19.8 Å². The van der Waals surface area contributed by atoms with E-state index in [9.17, 15) is 0 Å². The maximum atomic E-state index is 5.36. The van der Waals surface area contributed by atoms with Crippen molar-refractivity contribution in [2.45, 2.75) is 38.5 Å². The molecular weight excluding hydrogens is 166 g/mol. The first-order valence-electron chi connectivity index (χ1n) is 5.17. The fourth-order valence-corrected chi connectivity index (χ4v) is 1.82. The molecule has 13 heavy (non-hydrogen) atoms. The summed E-state index contributed by atoms with van der Waals surface area (Å²) in [6.07, 6.45) is 2.72. The van der Waals surface area contributed by atoms with Gasteiger partial charge in [0.15, 0.2) is 6.29 Å². The van der Waals surface area contributed by atoms with Crippen molar-refractivity contribution in [1.29, 1.82) is 0 Å². The second kappa shape index (κ2) is 3.56. The highest BCUT2D eigenvalue weighted by Gasteiger charge is 2.37. The van der Waals surface area contributed by atoms with E-state index in [1.807, 2.05) is 0 Å². The molecule has 76 valence electrons. The van der Waals surface area contributed by atoms with Gasteiger partial charge in [0.2, 0.25) is 0 Å². The molecule has 1 saturated heterocycles. The van der Waals surface area contributed by atoms with Crippen molar-refractivity contribution in [1.82, 2.24) is 5.32 Å². The van der Waals surface area contributed by atoms with E-state index in [1.165, 1.54) is 12.8 Å². The van der Waals surface area contributed by atoms with Crippen LogP contribution in [0.25, 0.3) is 0 Å². The summed E-state index contributed by atoms with van der Waals surface area (Å²) >= 11 is 0. The summed E-state index contributed by atoms with van der Waals surface area (Å²) in [7, 11) is 0. The Bertz CT molecular complexity index is 172. The van der Waals surface area contributed by atoms with Gasteiger partial charge in [-0.25, -0.2) is 0 Å². The van der Waals surface area contributed by atoms with Crippen LogP contribution in [0.4, 0.5) is 0 Å². The second-order valence-electron chi connectivity index (χ2n) is 4.55. The molecule has 1 aliphatic carbocycles. The topological polar surface area (TPSA) is 30.5 Å². The van der Waals surface area contributed by atoms with E-state index < -0.39 is 0 Å². The first-order valence-corrected chi connectivity index (χ1v) is 5.17. The van der Waals surface area contributed by atoms with Gasteiger partial charge < -0.3 is 14.8 Å². The summed E-state index contributed by atoms with van der Waals surface area (Å²) in [5.74, 6) is 0.855. The van der Waals surface area contributed by atoms with E-state index in [0.29, 0.717) is 0 Å². The normalized spacial score (nSPS) is 25.4. The summed E-state index contributed by atoms with van der Waals surface area (Å²) in [6.45, 7) is 6.84. The van der Waals surface area contributed by atoms with Gasteiger partial charge in [-0.05, 0) is 32.6 Å². The molecule has 3 nitrogen and oxygen atoms in total. The zero-order valence-electron chi connectivity index (χ0n) is 8.51. The van der Waals surface area contributed by atoms with E-state index in [0.717, 1.165) is 25.7 Å². The molecule has 0 radical (unpaired) electrons. The molecule has 2 rings (SSSR count). The summed E-state index contributed by atoms with van der Waals surface area (Å²) in [5, 5.41) is 3.51. The van der Waals surface area contributed by atoms with Crippen molar-refractivity contribution in [3.05, 3.63) is 0 Å². The van der Waals surface area contributed by atoms with Crippen molar-refractivity contribution in [3.63, 3.8) is 0 Å². The number of rotatable bonds is 4. The van der Waals surface area contributed by atoms with Gasteiger partial charge >= 0.3 is 0 Å². The minimum atomic E-state index is -0.0157. The molecular formula is C10H19NO2. The van der Waals surface area contributed by atoms with E-state index in [4.69, 9.17) is 9.47 Å². The molecule has 2 fully saturated rings. The Morgan fingerprint density at radius 2 is 1.85 bits per heavy atom. The molecule has 0 aromatic rings. The van der Waals surface area contributed by atoms with Crippen LogP contribution < -0.4 is 5.32 Å². The fraction of sp³-hybridized carbons (Fsp3) is 1.00. The molecule has 0 unspecified atom stereocenters. The molecule has 0 amide bonds. The molecule has 1 saturated carbocycles. The van der Waals surface area contributed by atoms with Crippen LogP contribution in [0.15, 0.2) is 0 Å². The summed E-state index contributed by atoms with van der Waals surface area (Å²) < 4.78 is 10.7. The summed E-state index contributed by atoms with van der Waals surface area (Å²) in [5.41, 5.74) is 0.259. The van der Waals surface area contributed by atoms with Crippen LogP contribution in [0, 0.1) is 5.92 Å². The minimum absolute atomic E-state index is 0.0157. The van der Waals surface area contributed by atoms with Gasteiger partial charge in [0.05, 0.1) is 13.2 Å². The summed E-state index contributed by atoms with van der Waals surface area (Å²) in [4.78, 5) is 0. The van der Waals surface area contributed by atoms with Gasteiger partial charge in [0, 0.05) is 12.1 Å². The Morgan fingerprint density at radius 3 is 2.38 bits per heavy atom. The van der Waals surface area contributed by atoms with Crippen LogP contribution in [-0.4, -0.2) is 31.6 Å². The Kier molecular flexibility index (Phi) is 2.58. The minimum Gasteiger partial charge on any atom is -0.349 e. The molecule has 1 heterocycles. The van der Waals surface area contributed by atoms with Crippen molar-refractivity contribution in [3.8, 4) is 0 Å². The number of ether oxygens (including phenoxy) is 2. The third-order valence-corrected chi connectivity index (χ3v) is 3.01. The van der Waals surface area contributed by atoms with Crippen LogP contribution >= 0.6 is 0 Å². The second-order valence-corrected chi connectivity index (χ2v) is 4.55. The smallest absolute Gasteiger partial charge is 0.170 e. The lowest BCUT2D eigenvalue weighted by molar-refractivity contribution is -0.0435. The van der Waals surface area contributed by atoms with Gasteiger partial charge in [-0.3, -0.25) is 0 Å². The number of hydrogen-bond donors (Lipinski definition) is 1. The fourth-order valence-electron chi connectivity index (χ4n) is 1.82. The number of hydrogen-bond acceptors (Lipinski definition) is 3. The summed E-state index contributed by atoms with van der Waals surface area (Å²) in [6, 6.07) is 0. The van der Waals surface area contributed by atoms with Gasteiger partial charge in [-0.1, -0.05) is 0 Å².